The second kappa shape index (κ2) is 5.72. The van der Waals surface area contributed by atoms with Crippen LogP contribution in [0.25, 0.3) is 38.3 Å². The summed E-state index contributed by atoms with van der Waals surface area (Å²) in [6, 6.07) is 28.1. The van der Waals surface area contributed by atoms with Crippen molar-refractivity contribution in [2.45, 2.75) is 0 Å². The second-order valence-electron chi connectivity index (χ2n) is 6.19. The van der Waals surface area contributed by atoms with E-state index in [9.17, 15) is 0 Å². The molecule has 0 amide bonds. The fourth-order valence-corrected chi connectivity index (χ4v) is 4.28. The molecule has 0 saturated heterocycles. The first-order valence-corrected chi connectivity index (χ1v) is 9.68. The summed E-state index contributed by atoms with van der Waals surface area (Å²) < 4.78 is 4.53. The summed E-state index contributed by atoms with van der Waals surface area (Å²) in [5.41, 5.74) is 3.61. The van der Waals surface area contributed by atoms with Gasteiger partial charge < -0.3 is 4.57 Å². The zero-order valence-electron chi connectivity index (χ0n) is 13.2. The third-order valence-electron chi connectivity index (χ3n) is 4.68. The predicted octanol–water partition coefficient (Wildman–Crippen LogP) is 7.46. The fraction of sp³-hybridized carbons (Fsp3) is 0. The first-order chi connectivity index (χ1) is 12.2. The molecule has 120 valence electrons. The summed E-state index contributed by atoms with van der Waals surface area (Å²) in [5, 5.41) is 5.01. The van der Waals surface area contributed by atoms with Crippen LogP contribution in [-0.4, -0.2) is 4.57 Å². The van der Waals surface area contributed by atoms with E-state index >= 15 is 0 Å². The molecule has 4 aromatic carbocycles. The molecule has 0 spiro atoms. The molecule has 0 aliphatic heterocycles. The van der Waals surface area contributed by atoms with Gasteiger partial charge in [0.15, 0.2) is 0 Å². The molecule has 0 saturated carbocycles. The van der Waals surface area contributed by atoms with Crippen molar-refractivity contribution in [2.24, 2.45) is 0 Å². The maximum absolute atomic E-state index is 3.61. The summed E-state index contributed by atoms with van der Waals surface area (Å²) in [6.45, 7) is 0. The Morgan fingerprint density at radius 1 is 0.560 bits per heavy atom. The van der Waals surface area contributed by atoms with Crippen molar-refractivity contribution in [3.63, 3.8) is 0 Å². The van der Waals surface area contributed by atoms with E-state index in [1.807, 2.05) is 0 Å². The molecule has 25 heavy (non-hydrogen) atoms. The van der Waals surface area contributed by atoms with Gasteiger partial charge in [-0.05, 0) is 59.3 Å². The first-order valence-electron chi connectivity index (χ1n) is 8.09. The Bertz CT molecular complexity index is 1210. The molecule has 0 N–H and O–H groups in total. The molecule has 5 aromatic rings. The minimum Gasteiger partial charge on any atom is -0.309 e. The Balaban J connectivity index is 1.92. The van der Waals surface area contributed by atoms with Crippen LogP contribution in [0.4, 0.5) is 0 Å². The van der Waals surface area contributed by atoms with Crippen LogP contribution < -0.4 is 0 Å². The highest BCUT2D eigenvalue weighted by molar-refractivity contribution is 9.10. The van der Waals surface area contributed by atoms with Crippen LogP contribution in [0.3, 0.4) is 0 Å². The van der Waals surface area contributed by atoms with Crippen LogP contribution in [-0.2, 0) is 0 Å². The Kier molecular flexibility index (Phi) is 3.47. The molecule has 0 atom stereocenters. The largest absolute Gasteiger partial charge is 0.309 e. The van der Waals surface area contributed by atoms with E-state index in [1.165, 1.54) is 38.3 Å². The lowest BCUT2D eigenvalue weighted by Crippen LogP contribution is -1.93. The number of hydrogen-bond acceptors (Lipinski definition) is 0. The van der Waals surface area contributed by atoms with Gasteiger partial charge in [-0.25, -0.2) is 0 Å². The number of aromatic nitrogens is 1. The van der Waals surface area contributed by atoms with Crippen LogP contribution in [0, 0.1) is 0 Å². The number of hydrogen-bond donors (Lipinski definition) is 0. The van der Waals surface area contributed by atoms with Gasteiger partial charge >= 0.3 is 0 Å². The molecule has 0 bridgehead atoms. The summed E-state index contributed by atoms with van der Waals surface area (Å²) in [4.78, 5) is 0. The standard InChI is InChI=1S/C22H13Br2N/c23-16-6-9-21-19(12-16)20-13-17(24)7-10-22(20)25(21)18-8-5-14-3-1-2-4-15(14)11-18/h1-13H. The lowest BCUT2D eigenvalue weighted by atomic mass is 10.1. The molecule has 0 aliphatic carbocycles. The van der Waals surface area contributed by atoms with Gasteiger partial charge in [0.1, 0.15) is 0 Å². The average Bonchev–Trinajstić information content (AvgIpc) is 2.94. The third-order valence-corrected chi connectivity index (χ3v) is 5.67. The van der Waals surface area contributed by atoms with Crippen molar-refractivity contribution < 1.29 is 0 Å². The molecular formula is C22H13Br2N. The minimum absolute atomic E-state index is 1.09. The van der Waals surface area contributed by atoms with Crippen LogP contribution >= 0.6 is 31.9 Å². The monoisotopic (exact) mass is 449 g/mol. The highest BCUT2D eigenvalue weighted by atomic mass is 79.9. The van der Waals surface area contributed by atoms with Crippen LogP contribution in [0.2, 0.25) is 0 Å². The highest BCUT2D eigenvalue weighted by Gasteiger charge is 2.13. The second-order valence-corrected chi connectivity index (χ2v) is 8.02. The van der Waals surface area contributed by atoms with Gasteiger partial charge in [0.25, 0.3) is 0 Å². The third kappa shape index (κ3) is 2.42. The van der Waals surface area contributed by atoms with E-state index in [-0.39, 0.29) is 0 Å². The number of nitrogens with zero attached hydrogens (tertiary/aromatic N) is 1. The van der Waals surface area contributed by atoms with Gasteiger partial charge in [0.05, 0.1) is 11.0 Å². The van der Waals surface area contributed by atoms with Crippen molar-refractivity contribution >= 4 is 64.4 Å². The smallest absolute Gasteiger partial charge is 0.0541 e. The van der Waals surface area contributed by atoms with E-state index in [2.05, 4.69) is 115 Å². The summed E-state index contributed by atoms with van der Waals surface area (Å²) in [6.07, 6.45) is 0. The maximum Gasteiger partial charge on any atom is 0.0541 e. The average molecular weight is 451 g/mol. The van der Waals surface area contributed by atoms with Crippen LogP contribution in [0.15, 0.2) is 87.8 Å². The number of benzene rings is 4. The van der Waals surface area contributed by atoms with Crippen LogP contribution in [0.5, 0.6) is 0 Å². The van der Waals surface area contributed by atoms with Gasteiger partial charge in [-0.3, -0.25) is 0 Å². The zero-order valence-corrected chi connectivity index (χ0v) is 16.4. The molecule has 0 fully saturated rings. The molecule has 0 unspecified atom stereocenters. The van der Waals surface area contributed by atoms with E-state index in [0.29, 0.717) is 0 Å². The quantitative estimate of drug-likeness (QED) is 0.249. The number of fused-ring (bicyclic) bond motifs is 4. The number of rotatable bonds is 1. The topological polar surface area (TPSA) is 4.93 Å². The molecule has 1 nitrogen and oxygen atoms in total. The van der Waals surface area contributed by atoms with Crippen molar-refractivity contribution in [1.82, 2.24) is 4.57 Å². The minimum atomic E-state index is 1.09. The Hall–Kier alpha value is -2.10. The van der Waals surface area contributed by atoms with Crippen LogP contribution in [0.1, 0.15) is 0 Å². The van der Waals surface area contributed by atoms with Gasteiger partial charge in [0.2, 0.25) is 0 Å². The van der Waals surface area contributed by atoms with E-state index in [4.69, 9.17) is 0 Å². The van der Waals surface area contributed by atoms with E-state index < -0.39 is 0 Å². The molecule has 1 heterocycles. The van der Waals surface area contributed by atoms with E-state index in [0.717, 1.165) is 8.95 Å². The summed E-state index contributed by atoms with van der Waals surface area (Å²) >= 11 is 7.23. The molecule has 5 rings (SSSR count). The molecule has 3 heteroatoms. The Morgan fingerprint density at radius 2 is 1.16 bits per heavy atom. The Labute approximate surface area is 162 Å². The summed E-state index contributed by atoms with van der Waals surface area (Å²) in [5.74, 6) is 0. The normalized spacial score (nSPS) is 11.6. The molecule has 0 radical (unpaired) electrons. The van der Waals surface area contributed by atoms with Gasteiger partial charge in [-0.2, -0.15) is 0 Å². The molecule has 0 aliphatic rings. The van der Waals surface area contributed by atoms with Crippen molar-refractivity contribution in [2.75, 3.05) is 0 Å². The summed E-state index contributed by atoms with van der Waals surface area (Å²) in [7, 11) is 0. The van der Waals surface area contributed by atoms with Gasteiger partial charge in [-0.15, -0.1) is 0 Å². The molecule has 1 aromatic heterocycles. The lowest BCUT2D eigenvalue weighted by Gasteiger charge is -2.09. The number of halogens is 2. The Morgan fingerprint density at radius 3 is 1.80 bits per heavy atom. The SMILES string of the molecule is Brc1ccc2c(c1)c1cc(Br)ccc1n2-c1ccc2ccccc2c1. The fourth-order valence-electron chi connectivity index (χ4n) is 3.56. The highest BCUT2D eigenvalue weighted by Crippen LogP contribution is 2.35. The maximum atomic E-state index is 3.61. The van der Waals surface area contributed by atoms with Gasteiger partial charge in [0, 0.05) is 25.4 Å². The van der Waals surface area contributed by atoms with Crippen molar-refractivity contribution in [3.05, 3.63) is 87.8 Å². The van der Waals surface area contributed by atoms with Crippen molar-refractivity contribution in [3.8, 4) is 5.69 Å². The van der Waals surface area contributed by atoms with E-state index in [1.54, 1.807) is 0 Å². The van der Waals surface area contributed by atoms with Gasteiger partial charge in [-0.1, -0.05) is 62.2 Å². The predicted molar refractivity (Wildman–Crippen MR) is 114 cm³/mol. The lowest BCUT2D eigenvalue weighted by molar-refractivity contribution is 1.18. The van der Waals surface area contributed by atoms with Crippen molar-refractivity contribution in [1.29, 1.82) is 0 Å². The molecular weight excluding hydrogens is 438 g/mol. The zero-order chi connectivity index (χ0) is 17.0. The first kappa shape index (κ1) is 15.2.